The molecule has 0 aromatic heterocycles. The minimum absolute atomic E-state index is 0.0303. The van der Waals surface area contributed by atoms with Crippen LogP contribution in [0.3, 0.4) is 0 Å². The standard InChI is InChI=1S/C16H16O6/c17-5-3-10-1-2-11-12(7-10)21-14-8-13(18)16(19)9-15(14,22-11)4-6-20-16/h1-2,7-8,17,19H,3-6,9H2. The van der Waals surface area contributed by atoms with E-state index >= 15 is 0 Å². The van der Waals surface area contributed by atoms with Gasteiger partial charge in [0.15, 0.2) is 22.9 Å². The van der Waals surface area contributed by atoms with Crippen LogP contribution in [0, 0.1) is 0 Å². The number of ketones is 1. The van der Waals surface area contributed by atoms with Gasteiger partial charge in [-0.3, -0.25) is 4.79 Å². The molecule has 2 bridgehead atoms. The molecule has 1 aliphatic carbocycles. The molecule has 2 unspecified atom stereocenters. The van der Waals surface area contributed by atoms with Gasteiger partial charge in [-0.2, -0.15) is 0 Å². The van der Waals surface area contributed by atoms with E-state index in [1.165, 1.54) is 6.08 Å². The second kappa shape index (κ2) is 4.55. The lowest BCUT2D eigenvalue weighted by atomic mass is 9.79. The van der Waals surface area contributed by atoms with Crippen molar-refractivity contribution >= 4 is 5.78 Å². The Morgan fingerprint density at radius 1 is 1.27 bits per heavy atom. The van der Waals surface area contributed by atoms with Crippen LogP contribution >= 0.6 is 0 Å². The lowest BCUT2D eigenvalue weighted by molar-refractivity contribution is -0.249. The highest BCUT2D eigenvalue weighted by molar-refractivity contribution is 5.98. The quantitative estimate of drug-likeness (QED) is 0.836. The van der Waals surface area contributed by atoms with E-state index in [1.807, 2.05) is 6.07 Å². The molecule has 3 aliphatic rings. The van der Waals surface area contributed by atoms with Gasteiger partial charge < -0.3 is 24.4 Å². The molecule has 2 heterocycles. The zero-order valence-electron chi connectivity index (χ0n) is 11.9. The maximum absolute atomic E-state index is 12.0. The highest BCUT2D eigenvalue weighted by atomic mass is 16.6. The summed E-state index contributed by atoms with van der Waals surface area (Å²) in [5.41, 5.74) is 0.0684. The molecular weight excluding hydrogens is 288 g/mol. The molecule has 2 aliphatic heterocycles. The summed E-state index contributed by atoms with van der Waals surface area (Å²) < 4.78 is 17.2. The van der Waals surface area contributed by atoms with Crippen molar-refractivity contribution < 1.29 is 29.2 Å². The Morgan fingerprint density at radius 2 is 2.14 bits per heavy atom. The molecule has 1 aromatic carbocycles. The molecule has 2 atom stereocenters. The van der Waals surface area contributed by atoms with Gasteiger partial charge in [0, 0.05) is 19.1 Å². The van der Waals surface area contributed by atoms with Crippen molar-refractivity contribution in [2.24, 2.45) is 0 Å². The number of aliphatic hydroxyl groups excluding tert-OH is 1. The number of hydrogen-bond donors (Lipinski definition) is 2. The molecule has 6 heteroatoms. The van der Waals surface area contributed by atoms with Crippen molar-refractivity contribution in [2.45, 2.75) is 30.7 Å². The van der Waals surface area contributed by atoms with Crippen LogP contribution in [-0.4, -0.2) is 40.6 Å². The first-order valence-corrected chi connectivity index (χ1v) is 7.28. The van der Waals surface area contributed by atoms with Gasteiger partial charge in [0.25, 0.3) is 0 Å². The number of rotatable bonds is 2. The third-order valence-corrected chi connectivity index (χ3v) is 4.40. The van der Waals surface area contributed by atoms with Gasteiger partial charge in [-0.25, -0.2) is 0 Å². The molecule has 1 fully saturated rings. The lowest BCUT2D eigenvalue weighted by Gasteiger charge is -2.49. The maximum Gasteiger partial charge on any atom is 0.235 e. The summed E-state index contributed by atoms with van der Waals surface area (Å²) in [5.74, 6) is -0.833. The molecule has 6 nitrogen and oxygen atoms in total. The van der Waals surface area contributed by atoms with E-state index in [1.54, 1.807) is 12.1 Å². The minimum atomic E-state index is -1.82. The SMILES string of the molecule is O=C1C=C2Oc3cc(CCO)ccc3OC23CCOC1(O)C3. The number of carbonyl (C=O) groups is 1. The topological polar surface area (TPSA) is 85.2 Å². The molecule has 4 rings (SSSR count). The van der Waals surface area contributed by atoms with Crippen LogP contribution in [0.25, 0.3) is 0 Å². The van der Waals surface area contributed by atoms with Crippen molar-refractivity contribution in [1.29, 1.82) is 0 Å². The molecule has 22 heavy (non-hydrogen) atoms. The van der Waals surface area contributed by atoms with E-state index in [0.717, 1.165) is 5.56 Å². The van der Waals surface area contributed by atoms with Crippen molar-refractivity contribution in [2.75, 3.05) is 13.2 Å². The Hall–Kier alpha value is -1.89. The summed E-state index contributed by atoms with van der Waals surface area (Å²) in [6, 6.07) is 5.45. The van der Waals surface area contributed by atoms with Gasteiger partial charge in [0.05, 0.1) is 13.0 Å². The summed E-state index contributed by atoms with van der Waals surface area (Å²) >= 11 is 0. The summed E-state index contributed by atoms with van der Waals surface area (Å²) in [6.45, 7) is 0.274. The van der Waals surface area contributed by atoms with Crippen molar-refractivity contribution in [1.82, 2.24) is 0 Å². The molecule has 1 saturated heterocycles. The van der Waals surface area contributed by atoms with Gasteiger partial charge in [-0.15, -0.1) is 0 Å². The predicted octanol–water partition coefficient (Wildman–Crippen LogP) is 0.697. The smallest absolute Gasteiger partial charge is 0.235 e. The van der Waals surface area contributed by atoms with Crippen LogP contribution < -0.4 is 9.47 Å². The average Bonchev–Trinajstić information content (AvgIpc) is 2.48. The van der Waals surface area contributed by atoms with Crippen molar-refractivity contribution in [3.05, 3.63) is 35.6 Å². The van der Waals surface area contributed by atoms with Gasteiger partial charge in [0.2, 0.25) is 11.6 Å². The Morgan fingerprint density at radius 3 is 2.95 bits per heavy atom. The fourth-order valence-electron chi connectivity index (χ4n) is 3.23. The van der Waals surface area contributed by atoms with Crippen molar-refractivity contribution in [3.8, 4) is 11.5 Å². The monoisotopic (exact) mass is 304 g/mol. The fourth-order valence-corrected chi connectivity index (χ4v) is 3.23. The van der Waals surface area contributed by atoms with E-state index < -0.39 is 17.2 Å². The minimum Gasteiger partial charge on any atom is -0.475 e. The first-order valence-electron chi connectivity index (χ1n) is 7.28. The second-order valence-corrected chi connectivity index (χ2v) is 5.89. The van der Waals surface area contributed by atoms with E-state index in [2.05, 4.69) is 0 Å². The van der Waals surface area contributed by atoms with E-state index in [4.69, 9.17) is 19.3 Å². The first-order chi connectivity index (χ1) is 10.5. The van der Waals surface area contributed by atoms with Crippen LogP contribution in [0.1, 0.15) is 18.4 Å². The molecular formula is C16H16O6. The summed E-state index contributed by atoms with van der Waals surface area (Å²) in [4.78, 5) is 12.0. The highest BCUT2D eigenvalue weighted by Gasteiger charge is 2.58. The van der Waals surface area contributed by atoms with E-state index in [0.29, 0.717) is 30.1 Å². The molecule has 0 amide bonds. The van der Waals surface area contributed by atoms with Gasteiger partial charge >= 0.3 is 0 Å². The van der Waals surface area contributed by atoms with E-state index in [-0.39, 0.29) is 19.6 Å². The zero-order chi connectivity index (χ0) is 15.4. The summed E-state index contributed by atoms with van der Waals surface area (Å²) in [5, 5.41) is 19.3. The molecule has 1 spiro atoms. The van der Waals surface area contributed by atoms with Gasteiger partial charge in [-0.05, 0) is 24.1 Å². The predicted molar refractivity (Wildman–Crippen MR) is 74.4 cm³/mol. The van der Waals surface area contributed by atoms with Crippen molar-refractivity contribution in [3.63, 3.8) is 0 Å². The van der Waals surface area contributed by atoms with Gasteiger partial charge in [-0.1, -0.05) is 6.07 Å². The van der Waals surface area contributed by atoms with Gasteiger partial charge in [0.1, 0.15) is 0 Å². The highest BCUT2D eigenvalue weighted by Crippen LogP contribution is 2.49. The number of carbonyl (C=O) groups excluding carboxylic acids is 1. The van der Waals surface area contributed by atoms with Crippen LogP contribution in [0.2, 0.25) is 0 Å². The molecule has 116 valence electrons. The number of hydrogen-bond acceptors (Lipinski definition) is 6. The zero-order valence-corrected chi connectivity index (χ0v) is 11.9. The van der Waals surface area contributed by atoms with Crippen LogP contribution in [-0.2, 0) is 16.0 Å². The Bertz CT molecular complexity index is 681. The molecule has 2 N–H and O–H groups in total. The van der Waals surface area contributed by atoms with Crippen LogP contribution in [0.4, 0.5) is 0 Å². The fraction of sp³-hybridized carbons (Fsp3) is 0.438. The number of aliphatic hydroxyl groups is 2. The number of fused-ring (bicyclic) bond motifs is 2. The normalized spacial score (nSPS) is 32.3. The first kappa shape index (κ1) is 13.8. The Balaban J connectivity index is 1.76. The molecule has 0 radical (unpaired) electrons. The Kier molecular flexibility index (Phi) is 2.84. The summed E-state index contributed by atoms with van der Waals surface area (Å²) in [7, 11) is 0. The van der Waals surface area contributed by atoms with Crippen LogP contribution in [0.15, 0.2) is 30.0 Å². The largest absolute Gasteiger partial charge is 0.475 e. The second-order valence-electron chi connectivity index (χ2n) is 5.89. The molecule has 0 saturated carbocycles. The molecule has 1 aromatic rings. The summed E-state index contributed by atoms with van der Waals surface area (Å²) in [6.07, 6.45) is 2.33. The van der Waals surface area contributed by atoms with E-state index in [9.17, 15) is 9.90 Å². The average molecular weight is 304 g/mol. The number of benzene rings is 1. The third kappa shape index (κ3) is 1.88. The Labute approximate surface area is 126 Å². The van der Waals surface area contributed by atoms with Crippen LogP contribution in [0.5, 0.6) is 11.5 Å². The number of ether oxygens (including phenoxy) is 3. The maximum atomic E-state index is 12.0. The third-order valence-electron chi connectivity index (χ3n) is 4.40. The lowest BCUT2D eigenvalue weighted by Crippen LogP contribution is -2.61.